The van der Waals surface area contributed by atoms with Gasteiger partial charge in [-0.05, 0) is 49.8 Å². The van der Waals surface area contributed by atoms with E-state index in [0.717, 1.165) is 43.4 Å². The quantitative estimate of drug-likeness (QED) is 0.727. The molecule has 1 fully saturated rings. The van der Waals surface area contributed by atoms with E-state index in [4.69, 9.17) is 4.74 Å². The number of carbonyl (C=O) groups excluding carboxylic acids is 2. The molecule has 158 valence electrons. The zero-order chi connectivity index (χ0) is 20.9. The second-order valence-electron chi connectivity index (χ2n) is 8.18. The van der Waals surface area contributed by atoms with E-state index in [9.17, 15) is 9.59 Å². The molecule has 2 aliphatic heterocycles. The Hall–Kier alpha value is -2.82. The molecule has 2 amide bonds. The van der Waals surface area contributed by atoms with Gasteiger partial charge in [-0.2, -0.15) is 0 Å². The van der Waals surface area contributed by atoms with Crippen LogP contribution < -0.4 is 4.74 Å². The lowest BCUT2D eigenvalue weighted by Gasteiger charge is -2.35. The fourth-order valence-electron chi connectivity index (χ4n) is 4.61. The van der Waals surface area contributed by atoms with Gasteiger partial charge in [-0.3, -0.25) is 9.59 Å². The Morgan fingerprint density at radius 3 is 2.70 bits per heavy atom. The summed E-state index contributed by atoms with van der Waals surface area (Å²) in [6.07, 6.45) is 5.05. The highest BCUT2D eigenvalue weighted by Crippen LogP contribution is 2.29. The second kappa shape index (κ2) is 9.33. The van der Waals surface area contributed by atoms with Crippen LogP contribution in [0.25, 0.3) is 0 Å². The number of fused-ring (bicyclic) bond motifs is 1. The van der Waals surface area contributed by atoms with Gasteiger partial charge in [0.25, 0.3) is 11.8 Å². The number of carbonyl (C=O) groups is 2. The van der Waals surface area contributed by atoms with Crippen LogP contribution >= 0.6 is 0 Å². The molecular formula is C25H30N2O3. The summed E-state index contributed by atoms with van der Waals surface area (Å²) in [4.78, 5) is 29.6. The fraction of sp³-hybridized carbons (Fsp3) is 0.440. The number of likely N-dealkylation sites (tertiary alicyclic amines) is 1. The number of piperidine rings is 1. The molecule has 5 nitrogen and oxygen atoms in total. The van der Waals surface area contributed by atoms with Gasteiger partial charge in [-0.15, -0.1) is 0 Å². The number of amides is 2. The fourth-order valence-corrected chi connectivity index (χ4v) is 4.61. The number of benzene rings is 2. The molecular weight excluding hydrogens is 376 g/mol. The SMILES string of the molecule is CC[C@H]1CCCCN1C(=O)COc1cccc2c1CCN(Cc1ccccc1)C2=O. The van der Waals surface area contributed by atoms with Crippen LogP contribution in [0.2, 0.25) is 0 Å². The molecule has 2 heterocycles. The van der Waals surface area contributed by atoms with Crippen molar-refractivity contribution in [2.75, 3.05) is 19.7 Å². The molecule has 0 aliphatic carbocycles. The molecule has 0 N–H and O–H groups in total. The predicted molar refractivity (Wildman–Crippen MR) is 116 cm³/mol. The second-order valence-corrected chi connectivity index (χ2v) is 8.18. The Bertz CT molecular complexity index is 897. The molecule has 1 atom stereocenters. The maximum atomic E-state index is 13.0. The van der Waals surface area contributed by atoms with Crippen LogP contribution in [-0.2, 0) is 17.8 Å². The molecule has 1 saturated heterocycles. The third kappa shape index (κ3) is 4.35. The van der Waals surface area contributed by atoms with E-state index in [2.05, 4.69) is 6.92 Å². The molecule has 4 rings (SSSR count). The number of nitrogens with zero attached hydrogens (tertiary/aromatic N) is 2. The summed E-state index contributed by atoms with van der Waals surface area (Å²) in [5, 5.41) is 0. The summed E-state index contributed by atoms with van der Waals surface area (Å²) < 4.78 is 5.95. The van der Waals surface area contributed by atoms with E-state index < -0.39 is 0 Å². The van der Waals surface area contributed by atoms with Gasteiger partial charge in [0.05, 0.1) is 0 Å². The minimum absolute atomic E-state index is 0.0268. The Balaban J connectivity index is 1.43. The lowest BCUT2D eigenvalue weighted by atomic mass is 9.97. The van der Waals surface area contributed by atoms with E-state index in [0.29, 0.717) is 30.4 Å². The third-order valence-corrected chi connectivity index (χ3v) is 6.27. The molecule has 0 saturated carbocycles. The summed E-state index contributed by atoms with van der Waals surface area (Å²) in [6.45, 7) is 4.25. The van der Waals surface area contributed by atoms with Gasteiger partial charge in [0.1, 0.15) is 5.75 Å². The van der Waals surface area contributed by atoms with Crippen molar-refractivity contribution in [3.05, 3.63) is 65.2 Å². The van der Waals surface area contributed by atoms with Gasteiger partial charge in [-0.1, -0.05) is 43.3 Å². The summed E-state index contributed by atoms with van der Waals surface area (Å²) in [7, 11) is 0. The number of ether oxygens (including phenoxy) is 1. The Kier molecular flexibility index (Phi) is 6.36. The first kappa shape index (κ1) is 20.5. The molecule has 2 aromatic carbocycles. The average molecular weight is 407 g/mol. The highest BCUT2D eigenvalue weighted by molar-refractivity contribution is 5.97. The summed E-state index contributed by atoms with van der Waals surface area (Å²) in [5.41, 5.74) is 2.73. The lowest BCUT2D eigenvalue weighted by molar-refractivity contribution is -0.137. The van der Waals surface area contributed by atoms with E-state index in [1.54, 1.807) is 0 Å². The summed E-state index contributed by atoms with van der Waals surface area (Å²) in [6, 6.07) is 16.0. The number of hydrogen-bond acceptors (Lipinski definition) is 3. The number of rotatable bonds is 6. The summed E-state index contributed by atoms with van der Waals surface area (Å²) >= 11 is 0. The highest BCUT2D eigenvalue weighted by Gasteiger charge is 2.28. The van der Waals surface area contributed by atoms with Gasteiger partial charge in [0.2, 0.25) is 0 Å². The molecule has 0 radical (unpaired) electrons. The van der Waals surface area contributed by atoms with E-state index in [1.807, 2.05) is 58.3 Å². The van der Waals surface area contributed by atoms with Crippen LogP contribution in [0.1, 0.15) is 54.1 Å². The number of hydrogen-bond donors (Lipinski definition) is 0. The lowest BCUT2D eigenvalue weighted by Crippen LogP contribution is -2.45. The maximum Gasteiger partial charge on any atom is 0.260 e. The maximum absolute atomic E-state index is 13.0. The van der Waals surface area contributed by atoms with E-state index >= 15 is 0 Å². The predicted octanol–water partition coefficient (Wildman–Crippen LogP) is 4.06. The first-order valence-corrected chi connectivity index (χ1v) is 11.0. The molecule has 0 aromatic heterocycles. The van der Waals surface area contributed by atoms with Crippen LogP contribution in [0.15, 0.2) is 48.5 Å². The minimum atomic E-state index is 0.0268. The van der Waals surface area contributed by atoms with Crippen LogP contribution in [0.4, 0.5) is 0 Å². The van der Waals surface area contributed by atoms with Crippen molar-refractivity contribution >= 4 is 11.8 Å². The van der Waals surface area contributed by atoms with Gasteiger partial charge in [0.15, 0.2) is 6.61 Å². The zero-order valence-electron chi connectivity index (χ0n) is 17.7. The normalized spacial score (nSPS) is 18.8. The standard InChI is InChI=1S/C25H30N2O3/c1-2-20-11-6-7-15-27(20)24(28)18-30-23-13-8-12-22-21(23)14-16-26(25(22)29)17-19-9-4-3-5-10-19/h3-5,8-10,12-13,20H,2,6-7,11,14-18H2,1H3/t20-/m0/s1. The molecule has 30 heavy (non-hydrogen) atoms. The van der Waals surface area contributed by atoms with Crippen LogP contribution in [0.3, 0.4) is 0 Å². The first-order valence-electron chi connectivity index (χ1n) is 11.0. The molecule has 2 aromatic rings. The van der Waals surface area contributed by atoms with Crippen molar-refractivity contribution in [2.45, 2.75) is 51.6 Å². The third-order valence-electron chi connectivity index (χ3n) is 6.27. The highest BCUT2D eigenvalue weighted by atomic mass is 16.5. The Morgan fingerprint density at radius 2 is 1.90 bits per heavy atom. The zero-order valence-corrected chi connectivity index (χ0v) is 17.7. The van der Waals surface area contributed by atoms with Gasteiger partial charge in [0, 0.05) is 36.8 Å². The van der Waals surface area contributed by atoms with Crippen molar-refractivity contribution in [3.8, 4) is 5.75 Å². The molecule has 2 aliphatic rings. The monoisotopic (exact) mass is 406 g/mol. The van der Waals surface area contributed by atoms with E-state index in [1.165, 1.54) is 6.42 Å². The van der Waals surface area contributed by atoms with Crippen molar-refractivity contribution in [3.63, 3.8) is 0 Å². The largest absolute Gasteiger partial charge is 0.483 e. The van der Waals surface area contributed by atoms with Crippen molar-refractivity contribution in [1.29, 1.82) is 0 Å². The Morgan fingerprint density at radius 1 is 1.07 bits per heavy atom. The van der Waals surface area contributed by atoms with Crippen LogP contribution in [0, 0.1) is 0 Å². The smallest absolute Gasteiger partial charge is 0.260 e. The van der Waals surface area contributed by atoms with Crippen molar-refractivity contribution in [2.24, 2.45) is 0 Å². The van der Waals surface area contributed by atoms with Gasteiger partial charge in [-0.25, -0.2) is 0 Å². The van der Waals surface area contributed by atoms with Crippen molar-refractivity contribution in [1.82, 2.24) is 9.80 Å². The minimum Gasteiger partial charge on any atom is -0.483 e. The molecule has 5 heteroatoms. The molecule has 0 spiro atoms. The topological polar surface area (TPSA) is 49.9 Å². The summed E-state index contributed by atoms with van der Waals surface area (Å²) in [5.74, 6) is 0.740. The van der Waals surface area contributed by atoms with E-state index in [-0.39, 0.29) is 18.4 Å². The van der Waals surface area contributed by atoms with Gasteiger partial charge < -0.3 is 14.5 Å². The Labute approximate surface area is 178 Å². The molecule has 0 bridgehead atoms. The van der Waals surface area contributed by atoms with Crippen LogP contribution in [-0.4, -0.2) is 47.4 Å². The molecule has 0 unspecified atom stereocenters. The first-order chi connectivity index (χ1) is 14.7. The van der Waals surface area contributed by atoms with Gasteiger partial charge >= 0.3 is 0 Å². The van der Waals surface area contributed by atoms with Crippen molar-refractivity contribution < 1.29 is 14.3 Å². The van der Waals surface area contributed by atoms with Crippen LogP contribution in [0.5, 0.6) is 5.75 Å². The average Bonchev–Trinajstić information content (AvgIpc) is 2.80.